The molecule has 34 heavy (non-hydrogen) atoms. The molecule has 3 aromatic heterocycles. The van der Waals surface area contributed by atoms with Crippen LogP contribution in [0.5, 0.6) is 5.88 Å². The smallest absolute Gasteiger partial charge is 0.238 e. The van der Waals surface area contributed by atoms with E-state index in [4.69, 9.17) is 26.2 Å². The average Bonchev–Trinajstić information content (AvgIpc) is 3.53. The molecule has 1 N–H and O–H groups in total. The van der Waals surface area contributed by atoms with Crippen molar-refractivity contribution in [1.29, 1.82) is 0 Å². The van der Waals surface area contributed by atoms with Crippen LogP contribution in [0.25, 0.3) is 5.69 Å². The molecular formula is C24H26ClN7O2. The van der Waals surface area contributed by atoms with Crippen molar-refractivity contribution in [2.75, 3.05) is 25.6 Å². The number of likely N-dealkylation sites (N-methyl/N-ethyl adjacent to an activating group) is 1. The van der Waals surface area contributed by atoms with Gasteiger partial charge >= 0.3 is 0 Å². The van der Waals surface area contributed by atoms with E-state index < -0.39 is 0 Å². The normalized spacial score (nSPS) is 23.7. The van der Waals surface area contributed by atoms with Gasteiger partial charge in [0, 0.05) is 43.4 Å². The molecule has 0 amide bonds. The molecule has 0 aromatic carbocycles. The third kappa shape index (κ3) is 3.64. The van der Waals surface area contributed by atoms with Crippen LogP contribution in [0.15, 0.2) is 42.1 Å². The van der Waals surface area contributed by atoms with Crippen molar-refractivity contribution in [3.8, 4) is 11.6 Å². The number of nitrogens with zero attached hydrogens (tertiary/aromatic N) is 6. The molecule has 0 radical (unpaired) electrons. The number of oxime groups is 1. The SMILES string of the molecule is COc1nc(C2=NOC(C3CC3)C(C3CN(C)c4ncc(Cl)cc43)N2)ccc1-n1cnc(C)c1. The van der Waals surface area contributed by atoms with Gasteiger partial charge in [-0.3, -0.25) is 0 Å². The fourth-order valence-corrected chi connectivity index (χ4v) is 5.16. The predicted octanol–water partition coefficient (Wildman–Crippen LogP) is 3.29. The molecule has 9 nitrogen and oxygen atoms in total. The van der Waals surface area contributed by atoms with Gasteiger partial charge < -0.3 is 24.4 Å². The molecule has 2 aliphatic heterocycles. The number of ether oxygens (including phenoxy) is 1. The molecule has 10 heteroatoms. The molecule has 6 rings (SSSR count). The van der Waals surface area contributed by atoms with E-state index in [-0.39, 0.29) is 18.1 Å². The van der Waals surface area contributed by atoms with Gasteiger partial charge in [0.15, 0.2) is 11.9 Å². The van der Waals surface area contributed by atoms with Crippen LogP contribution in [0, 0.1) is 12.8 Å². The van der Waals surface area contributed by atoms with Crippen LogP contribution in [-0.2, 0) is 4.84 Å². The Morgan fingerprint density at radius 2 is 2.09 bits per heavy atom. The van der Waals surface area contributed by atoms with Gasteiger partial charge in [-0.1, -0.05) is 16.8 Å². The molecule has 3 atom stereocenters. The maximum atomic E-state index is 6.32. The van der Waals surface area contributed by atoms with Gasteiger partial charge in [-0.15, -0.1) is 0 Å². The molecule has 1 fully saturated rings. The number of hydrogen-bond donors (Lipinski definition) is 1. The second-order valence-corrected chi connectivity index (χ2v) is 9.65. The molecule has 3 unspecified atom stereocenters. The van der Waals surface area contributed by atoms with Gasteiger partial charge in [0.05, 0.1) is 30.2 Å². The highest BCUT2D eigenvalue weighted by Crippen LogP contribution is 2.44. The Kier molecular flexibility index (Phi) is 5.09. The summed E-state index contributed by atoms with van der Waals surface area (Å²) in [6.45, 7) is 2.77. The van der Waals surface area contributed by atoms with E-state index in [1.165, 1.54) is 0 Å². The fourth-order valence-electron chi connectivity index (χ4n) is 4.99. The number of aromatic nitrogens is 4. The third-order valence-corrected chi connectivity index (χ3v) is 7.01. The molecule has 0 bridgehead atoms. The highest BCUT2D eigenvalue weighted by Gasteiger charge is 2.47. The first kappa shape index (κ1) is 21.2. The number of aryl methyl sites for hydroxylation is 1. The van der Waals surface area contributed by atoms with Crippen molar-refractivity contribution in [1.82, 2.24) is 24.8 Å². The lowest BCUT2D eigenvalue weighted by Crippen LogP contribution is -2.53. The molecule has 1 aliphatic carbocycles. The lowest BCUT2D eigenvalue weighted by molar-refractivity contribution is 0.00100. The number of pyridine rings is 2. The molecule has 176 valence electrons. The number of hydrogen-bond acceptors (Lipinski definition) is 8. The summed E-state index contributed by atoms with van der Waals surface area (Å²) in [5.41, 5.74) is 3.53. The van der Waals surface area contributed by atoms with E-state index >= 15 is 0 Å². The fraction of sp³-hybridized carbons (Fsp3) is 0.417. The Morgan fingerprint density at radius 3 is 2.82 bits per heavy atom. The second-order valence-electron chi connectivity index (χ2n) is 9.22. The van der Waals surface area contributed by atoms with E-state index in [1.807, 2.05) is 35.9 Å². The van der Waals surface area contributed by atoms with Crippen molar-refractivity contribution in [3.63, 3.8) is 0 Å². The number of nitrogens with one attached hydrogen (secondary N) is 1. The van der Waals surface area contributed by atoms with Crippen molar-refractivity contribution in [2.24, 2.45) is 11.1 Å². The van der Waals surface area contributed by atoms with Gasteiger partial charge in [-0.05, 0) is 38.0 Å². The summed E-state index contributed by atoms with van der Waals surface area (Å²) in [5, 5.41) is 8.76. The van der Waals surface area contributed by atoms with E-state index in [1.54, 1.807) is 19.6 Å². The van der Waals surface area contributed by atoms with Gasteiger partial charge in [-0.2, -0.15) is 0 Å². The van der Waals surface area contributed by atoms with Gasteiger partial charge in [0.1, 0.15) is 17.2 Å². The first-order valence-corrected chi connectivity index (χ1v) is 11.8. The molecule has 3 aromatic rings. The zero-order valence-electron chi connectivity index (χ0n) is 19.3. The minimum atomic E-state index is -0.0119. The van der Waals surface area contributed by atoms with Crippen LogP contribution < -0.4 is 15.0 Å². The summed E-state index contributed by atoms with van der Waals surface area (Å²) in [4.78, 5) is 21.9. The summed E-state index contributed by atoms with van der Waals surface area (Å²) >= 11 is 6.32. The van der Waals surface area contributed by atoms with E-state index in [9.17, 15) is 0 Å². The zero-order valence-corrected chi connectivity index (χ0v) is 20.0. The topological polar surface area (TPSA) is 89.7 Å². The maximum absolute atomic E-state index is 6.32. The summed E-state index contributed by atoms with van der Waals surface area (Å²) < 4.78 is 7.49. The molecule has 0 saturated heterocycles. The largest absolute Gasteiger partial charge is 0.479 e. The minimum absolute atomic E-state index is 0.0119. The minimum Gasteiger partial charge on any atom is -0.479 e. The second kappa shape index (κ2) is 8.16. The van der Waals surface area contributed by atoms with Crippen LogP contribution in [-0.4, -0.2) is 58.2 Å². The number of halogens is 1. The van der Waals surface area contributed by atoms with Crippen LogP contribution in [0.2, 0.25) is 5.02 Å². The maximum Gasteiger partial charge on any atom is 0.238 e. The van der Waals surface area contributed by atoms with Gasteiger partial charge in [-0.25, -0.2) is 15.0 Å². The highest BCUT2D eigenvalue weighted by atomic mass is 35.5. The summed E-state index contributed by atoms with van der Waals surface area (Å²) in [6.07, 6.45) is 7.68. The monoisotopic (exact) mass is 479 g/mol. The number of rotatable bonds is 5. The molecule has 0 spiro atoms. The number of methoxy groups -OCH3 is 1. The highest BCUT2D eigenvalue weighted by molar-refractivity contribution is 6.30. The van der Waals surface area contributed by atoms with Crippen LogP contribution in [0.4, 0.5) is 5.82 Å². The van der Waals surface area contributed by atoms with Gasteiger partial charge in [0.25, 0.3) is 0 Å². The Hall–Kier alpha value is -3.33. The van der Waals surface area contributed by atoms with E-state index in [0.717, 1.165) is 42.1 Å². The standard InChI is InChI=1S/C24H26ClN7O2/c1-13-10-32(12-27-13)19-7-6-18(28-24(19)33-3)22-29-20(21(34-30-22)14-4-5-14)17-11-31(2)23-16(17)8-15(25)9-26-23/h6-10,12,14,17,20-21H,4-5,11H2,1-3H3,(H,29,30). The summed E-state index contributed by atoms with van der Waals surface area (Å²) in [5.74, 6) is 2.72. The summed E-state index contributed by atoms with van der Waals surface area (Å²) in [7, 11) is 3.67. The number of amidine groups is 1. The Labute approximate surface area is 202 Å². The van der Waals surface area contributed by atoms with E-state index in [2.05, 4.69) is 32.4 Å². The number of fused-ring (bicyclic) bond motifs is 1. The van der Waals surface area contributed by atoms with Crippen LogP contribution in [0.3, 0.4) is 0 Å². The lowest BCUT2D eigenvalue weighted by atomic mass is 9.88. The average molecular weight is 480 g/mol. The Balaban J connectivity index is 1.34. The molecule has 3 aliphatic rings. The Morgan fingerprint density at radius 1 is 1.24 bits per heavy atom. The van der Waals surface area contributed by atoms with Crippen molar-refractivity contribution < 1.29 is 9.57 Å². The van der Waals surface area contributed by atoms with Crippen LogP contribution >= 0.6 is 11.6 Å². The lowest BCUT2D eigenvalue weighted by Gasteiger charge is -2.35. The van der Waals surface area contributed by atoms with Crippen molar-refractivity contribution >= 4 is 23.3 Å². The summed E-state index contributed by atoms with van der Waals surface area (Å²) in [6, 6.07) is 5.92. The van der Waals surface area contributed by atoms with Crippen molar-refractivity contribution in [3.05, 3.63) is 58.9 Å². The molecular weight excluding hydrogens is 454 g/mol. The first-order valence-electron chi connectivity index (χ1n) is 11.4. The zero-order chi connectivity index (χ0) is 23.4. The quantitative estimate of drug-likeness (QED) is 0.600. The van der Waals surface area contributed by atoms with Gasteiger partial charge in [0.2, 0.25) is 5.88 Å². The van der Waals surface area contributed by atoms with Crippen LogP contribution in [0.1, 0.15) is 35.7 Å². The molecule has 5 heterocycles. The number of imidazole rings is 1. The first-order chi connectivity index (χ1) is 16.5. The predicted molar refractivity (Wildman–Crippen MR) is 129 cm³/mol. The number of anilines is 1. The van der Waals surface area contributed by atoms with Crippen molar-refractivity contribution in [2.45, 2.75) is 37.8 Å². The third-order valence-electron chi connectivity index (χ3n) is 6.80. The Bertz CT molecular complexity index is 1270. The molecule has 1 saturated carbocycles. The van der Waals surface area contributed by atoms with E-state index in [0.29, 0.717) is 28.4 Å².